The van der Waals surface area contributed by atoms with E-state index in [4.69, 9.17) is 41.8 Å². The van der Waals surface area contributed by atoms with Gasteiger partial charge in [0.25, 0.3) is 0 Å². The summed E-state index contributed by atoms with van der Waals surface area (Å²) in [6.07, 6.45) is 3.38. The van der Waals surface area contributed by atoms with Crippen LogP contribution in [0.1, 0.15) is 5.69 Å². The average Bonchev–Trinajstić information content (AvgIpc) is 2.79. The molecule has 0 bridgehead atoms. The monoisotopic (exact) mass is 355 g/mol. The van der Waals surface area contributed by atoms with Gasteiger partial charge in [0.05, 0.1) is 5.69 Å². The van der Waals surface area contributed by atoms with Gasteiger partial charge in [0.1, 0.15) is 0 Å². The van der Waals surface area contributed by atoms with Crippen LogP contribution in [0.3, 0.4) is 0 Å². The van der Waals surface area contributed by atoms with Gasteiger partial charge in [-0.1, -0.05) is 35.3 Å². The minimum absolute atomic E-state index is 0.556. The molecule has 0 fully saturated rings. The van der Waals surface area contributed by atoms with E-state index in [1.807, 2.05) is 12.1 Å². The van der Waals surface area contributed by atoms with Gasteiger partial charge < -0.3 is 4.98 Å². The Morgan fingerprint density at radius 2 is 1.72 bits per heavy atom. The van der Waals surface area contributed by atoms with Crippen molar-refractivity contribution >= 4 is 53.7 Å². The van der Waals surface area contributed by atoms with Crippen molar-refractivity contribution in [3.8, 4) is 0 Å². The zero-order valence-corrected chi connectivity index (χ0v) is 13.5. The SMILES string of the molecule is Clc1cc(Cl)cc(N=Cc2ccc[n-]2)c1.[Cl][Ti][Cl]. The molecule has 0 unspecified atom stereocenters. The van der Waals surface area contributed by atoms with Gasteiger partial charge in [-0.05, 0) is 18.2 Å². The first-order valence-electron chi connectivity index (χ1n) is 4.70. The van der Waals surface area contributed by atoms with Crippen molar-refractivity contribution in [1.82, 2.24) is 4.98 Å². The van der Waals surface area contributed by atoms with Crippen molar-refractivity contribution in [3.63, 3.8) is 0 Å². The molecule has 2 aromatic rings. The molecule has 2 rings (SSSR count). The number of aromatic nitrogens is 1. The predicted octanol–water partition coefficient (Wildman–Crippen LogP) is 5.08. The van der Waals surface area contributed by atoms with Crippen LogP contribution in [0.25, 0.3) is 0 Å². The maximum atomic E-state index is 5.84. The van der Waals surface area contributed by atoms with Crippen LogP contribution >= 0.6 is 41.8 Å². The molecular formula is C11H7Cl4N2Ti-. The quantitative estimate of drug-likeness (QED) is 0.544. The molecule has 0 atom stereocenters. The third-order valence-electron chi connectivity index (χ3n) is 1.77. The Bertz CT molecular complexity index is 479. The molecule has 0 saturated heterocycles. The van der Waals surface area contributed by atoms with Gasteiger partial charge in [-0.25, -0.2) is 0 Å². The number of benzene rings is 1. The Hall–Kier alpha value is 0.0443. The van der Waals surface area contributed by atoms with E-state index in [-0.39, 0.29) is 0 Å². The van der Waals surface area contributed by atoms with E-state index in [0.29, 0.717) is 10.0 Å². The van der Waals surface area contributed by atoms with Crippen LogP contribution in [-0.2, 0) is 17.0 Å². The Labute approximate surface area is 132 Å². The van der Waals surface area contributed by atoms with Crippen molar-refractivity contribution in [2.45, 2.75) is 0 Å². The van der Waals surface area contributed by atoms with Gasteiger partial charge in [-0.2, -0.15) is 6.20 Å². The van der Waals surface area contributed by atoms with Crippen LogP contribution < -0.4 is 4.98 Å². The van der Waals surface area contributed by atoms with E-state index >= 15 is 0 Å². The first kappa shape index (κ1) is 16.1. The van der Waals surface area contributed by atoms with Crippen LogP contribution in [0.2, 0.25) is 10.0 Å². The van der Waals surface area contributed by atoms with Crippen molar-refractivity contribution in [2.24, 2.45) is 4.99 Å². The van der Waals surface area contributed by atoms with Crippen LogP contribution in [0.4, 0.5) is 5.69 Å². The fourth-order valence-electron chi connectivity index (χ4n) is 1.14. The fraction of sp³-hybridized carbons (Fsp3) is 0. The second kappa shape index (κ2) is 9.03. The van der Waals surface area contributed by atoms with Gasteiger partial charge >= 0.3 is 35.6 Å². The number of halogens is 4. The number of hydrogen-bond acceptors (Lipinski definition) is 1. The topological polar surface area (TPSA) is 26.5 Å². The summed E-state index contributed by atoms with van der Waals surface area (Å²) in [7, 11) is 9.78. The molecule has 0 spiro atoms. The van der Waals surface area contributed by atoms with Crippen molar-refractivity contribution < 1.29 is 17.0 Å². The third-order valence-corrected chi connectivity index (χ3v) is 2.21. The number of nitrogens with zero attached hydrogens (tertiary/aromatic N) is 2. The van der Waals surface area contributed by atoms with E-state index in [0.717, 1.165) is 11.4 Å². The number of hydrogen-bond donors (Lipinski definition) is 0. The van der Waals surface area contributed by atoms with E-state index < -0.39 is 17.0 Å². The molecule has 0 N–H and O–H groups in total. The van der Waals surface area contributed by atoms with Crippen molar-refractivity contribution in [1.29, 1.82) is 0 Å². The average molecular weight is 357 g/mol. The van der Waals surface area contributed by atoms with E-state index in [1.54, 1.807) is 30.6 Å². The molecule has 0 aliphatic heterocycles. The van der Waals surface area contributed by atoms with E-state index in [2.05, 4.69) is 9.98 Å². The summed E-state index contributed by atoms with van der Waals surface area (Å²) in [6.45, 7) is 0. The zero-order valence-electron chi connectivity index (χ0n) is 8.95. The molecule has 18 heavy (non-hydrogen) atoms. The van der Waals surface area contributed by atoms with Crippen LogP contribution in [0.5, 0.6) is 0 Å². The van der Waals surface area contributed by atoms with E-state index in [1.165, 1.54) is 0 Å². The molecular weight excluding hydrogens is 350 g/mol. The maximum absolute atomic E-state index is 5.84. The Kier molecular flexibility index (Phi) is 8.08. The molecule has 94 valence electrons. The molecule has 7 heteroatoms. The second-order valence-corrected chi connectivity index (χ2v) is 6.47. The normalized spacial score (nSPS) is 10.0. The summed E-state index contributed by atoms with van der Waals surface area (Å²) in [5.41, 5.74) is 1.53. The first-order chi connectivity index (χ1) is 8.65. The Morgan fingerprint density at radius 3 is 2.22 bits per heavy atom. The fourth-order valence-corrected chi connectivity index (χ4v) is 1.66. The Balaban J connectivity index is 0.000000492. The first-order valence-corrected chi connectivity index (χ1v) is 9.75. The van der Waals surface area contributed by atoms with Crippen molar-refractivity contribution in [2.75, 3.05) is 0 Å². The molecule has 2 nitrogen and oxygen atoms in total. The zero-order chi connectivity index (χ0) is 13.4. The molecule has 1 aromatic heterocycles. The van der Waals surface area contributed by atoms with Crippen molar-refractivity contribution in [3.05, 3.63) is 52.3 Å². The second-order valence-electron chi connectivity index (χ2n) is 3.02. The third kappa shape index (κ3) is 6.28. The number of aliphatic imine (C=N–C) groups is 1. The summed E-state index contributed by atoms with van der Waals surface area (Å²) in [5, 5.41) is 1.15. The summed E-state index contributed by atoms with van der Waals surface area (Å²) in [6, 6.07) is 8.88. The number of rotatable bonds is 2. The standard InChI is InChI=1S/C11H7Cl2N2.2ClH.Ti/c12-8-4-9(13)6-11(5-8)15-7-10-2-1-3-14-10;;;/h1-7H;2*1H;/q-1;;;+2/p-2. The molecule has 0 aliphatic rings. The molecule has 0 amide bonds. The minimum atomic E-state index is -0.556. The molecule has 0 aliphatic carbocycles. The van der Waals surface area contributed by atoms with Gasteiger partial charge in [-0.3, -0.25) is 4.99 Å². The van der Waals surface area contributed by atoms with Crippen LogP contribution in [0, 0.1) is 0 Å². The van der Waals surface area contributed by atoms with Gasteiger partial charge in [0.2, 0.25) is 0 Å². The van der Waals surface area contributed by atoms with E-state index in [9.17, 15) is 0 Å². The van der Waals surface area contributed by atoms with Crippen LogP contribution in [-0.4, -0.2) is 6.21 Å². The summed E-state index contributed by atoms with van der Waals surface area (Å²) in [5.74, 6) is 0. The summed E-state index contributed by atoms with van der Waals surface area (Å²) in [4.78, 5) is 8.27. The summed E-state index contributed by atoms with van der Waals surface area (Å²) >= 11 is 11.1. The predicted molar refractivity (Wildman–Crippen MR) is 75.2 cm³/mol. The Morgan fingerprint density at radius 1 is 1.11 bits per heavy atom. The molecule has 0 saturated carbocycles. The van der Waals surface area contributed by atoms with Gasteiger partial charge in [0, 0.05) is 16.3 Å². The molecule has 0 radical (unpaired) electrons. The molecule has 1 aromatic carbocycles. The van der Waals surface area contributed by atoms with Crippen LogP contribution in [0.15, 0.2) is 41.5 Å². The summed E-state index contributed by atoms with van der Waals surface area (Å²) < 4.78 is 0. The van der Waals surface area contributed by atoms with Gasteiger partial charge in [-0.15, -0.1) is 5.69 Å². The van der Waals surface area contributed by atoms with Gasteiger partial charge in [0.15, 0.2) is 0 Å². The molecule has 1 heterocycles.